The summed E-state index contributed by atoms with van der Waals surface area (Å²) >= 11 is 6.08. The molecule has 0 aromatic heterocycles. The lowest BCUT2D eigenvalue weighted by Gasteiger charge is -2.43. The van der Waals surface area contributed by atoms with Crippen molar-refractivity contribution in [2.75, 3.05) is 0 Å². The second kappa shape index (κ2) is 4.90. The summed E-state index contributed by atoms with van der Waals surface area (Å²) in [6.07, 6.45) is 0.706. The molecule has 1 atom stereocenters. The standard InChI is InChI=1S/C18H17ClN2O2/c1-18(2)21-15(12-5-3-4-6-17(12)23-18)10-14(20-21)13-9-11(19)7-8-16(13)22/h3-9,15,22H,10H2,1-2H3. The highest BCUT2D eigenvalue weighted by Crippen LogP contribution is 2.46. The second-order valence-corrected chi connectivity index (χ2v) is 6.80. The van der Waals surface area contributed by atoms with Crippen molar-refractivity contribution < 1.29 is 9.84 Å². The van der Waals surface area contributed by atoms with E-state index in [1.165, 1.54) is 0 Å². The fourth-order valence-corrected chi connectivity index (χ4v) is 3.49. The molecule has 2 aromatic carbocycles. The predicted molar refractivity (Wildman–Crippen MR) is 90.0 cm³/mol. The Morgan fingerprint density at radius 2 is 2.04 bits per heavy atom. The summed E-state index contributed by atoms with van der Waals surface area (Å²) < 4.78 is 6.10. The molecule has 23 heavy (non-hydrogen) atoms. The first-order valence-corrected chi connectivity index (χ1v) is 7.97. The normalized spacial score (nSPS) is 21.3. The highest BCUT2D eigenvalue weighted by atomic mass is 35.5. The highest BCUT2D eigenvalue weighted by molar-refractivity contribution is 6.31. The Bertz CT molecular complexity index is 816. The molecule has 4 rings (SSSR count). The van der Waals surface area contributed by atoms with Crippen molar-refractivity contribution in [1.82, 2.24) is 5.01 Å². The largest absolute Gasteiger partial charge is 0.507 e. The summed E-state index contributed by atoms with van der Waals surface area (Å²) in [5, 5.41) is 17.5. The zero-order valence-corrected chi connectivity index (χ0v) is 13.7. The minimum Gasteiger partial charge on any atom is -0.507 e. The molecule has 0 fully saturated rings. The van der Waals surface area contributed by atoms with Crippen molar-refractivity contribution in [3.05, 3.63) is 58.6 Å². The SMILES string of the molecule is CC1(C)Oc2ccccc2C2CC(c3cc(Cl)ccc3O)=NN21. The van der Waals surface area contributed by atoms with E-state index in [1.54, 1.807) is 18.2 Å². The molecule has 0 spiro atoms. The van der Waals surface area contributed by atoms with Gasteiger partial charge >= 0.3 is 0 Å². The average molecular weight is 329 g/mol. The van der Waals surface area contributed by atoms with Gasteiger partial charge in [0.05, 0.1) is 11.8 Å². The molecule has 118 valence electrons. The third-order valence-corrected chi connectivity index (χ3v) is 4.60. The average Bonchev–Trinajstić information content (AvgIpc) is 2.96. The fourth-order valence-electron chi connectivity index (χ4n) is 3.32. The first-order valence-electron chi connectivity index (χ1n) is 7.59. The molecular weight excluding hydrogens is 312 g/mol. The number of phenols is 1. The number of hydrogen-bond acceptors (Lipinski definition) is 4. The number of phenolic OH excluding ortho intramolecular Hbond substituents is 1. The van der Waals surface area contributed by atoms with Crippen LogP contribution in [-0.2, 0) is 0 Å². The van der Waals surface area contributed by atoms with Gasteiger partial charge in [0.2, 0.25) is 0 Å². The zero-order chi connectivity index (χ0) is 16.2. The van der Waals surface area contributed by atoms with Gasteiger partial charge in [0, 0.05) is 22.6 Å². The van der Waals surface area contributed by atoms with Gasteiger partial charge in [-0.15, -0.1) is 0 Å². The Labute approximate surface area is 140 Å². The molecule has 0 bridgehead atoms. The van der Waals surface area contributed by atoms with Gasteiger partial charge in [0.1, 0.15) is 11.5 Å². The smallest absolute Gasteiger partial charge is 0.192 e. The Hall–Kier alpha value is -2.20. The van der Waals surface area contributed by atoms with E-state index < -0.39 is 5.72 Å². The van der Waals surface area contributed by atoms with Crippen LogP contribution in [0.4, 0.5) is 0 Å². The van der Waals surface area contributed by atoms with Gasteiger partial charge in [-0.2, -0.15) is 5.10 Å². The van der Waals surface area contributed by atoms with Gasteiger partial charge in [-0.3, -0.25) is 0 Å². The van der Waals surface area contributed by atoms with Crippen LogP contribution in [0.1, 0.15) is 37.4 Å². The fraction of sp³-hybridized carbons (Fsp3) is 0.278. The summed E-state index contributed by atoms with van der Waals surface area (Å²) in [6, 6.07) is 13.2. The number of aromatic hydroxyl groups is 1. The number of fused-ring (bicyclic) bond motifs is 3. The lowest BCUT2D eigenvalue weighted by molar-refractivity contribution is -0.0911. The van der Waals surface area contributed by atoms with E-state index in [4.69, 9.17) is 21.4 Å². The number of ether oxygens (including phenoxy) is 1. The van der Waals surface area contributed by atoms with Crippen LogP contribution in [0.5, 0.6) is 11.5 Å². The van der Waals surface area contributed by atoms with Crippen LogP contribution in [0, 0.1) is 0 Å². The van der Waals surface area contributed by atoms with Gasteiger partial charge in [-0.25, -0.2) is 5.01 Å². The van der Waals surface area contributed by atoms with Crippen molar-refractivity contribution in [3.63, 3.8) is 0 Å². The van der Waals surface area contributed by atoms with Gasteiger partial charge < -0.3 is 9.84 Å². The van der Waals surface area contributed by atoms with E-state index >= 15 is 0 Å². The minimum atomic E-state index is -0.547. The number of rotatable bonds is 1. The maximum absolute atomic E-state index is 10.2. The molecule has 0 radical (unpaired) electrons. The predicted octanol–water partition coefficient (Wildman–Crippen LogP) is 4.33. The molecule has 1 unspecified atom stereocenters. The second-order valence-electron chi connectivity index (χ2n) is 6.36. The van der Waals surface area contributed by atoms with Crippen LogP contribution < -0.4 is 4.74 Å². The van der Waals surface area contributed by atoms with E-state index in [9.17, 15) is 5.11 Å². The minimum absolute atomic E-state index is 0.100. The van der Waals surface area contributed by atoms with Gasteiger partial charge in [0.25, 0.3) is 0 Å². The molecule has 2 heterocycles. The Morgan fingerprint density at radius 3 is 2.87 bits per heavy atom. The lowest BCUT2D eigenvalue weighted by atomic mass is 9.95. The summed E-state index contributed by atoms with van der Waals surface area (Å²) in [4.78, 5) is 0. The Kier molecular flexibility index (Phi) is 3.07. The Balaban J connectivity index is 1.80. The number of benzene rings is 2. The molecule has 1 N–H and O–H groups in total. The molecule has 5 heteroatoms. The summed E-state index contributed by atoms with van der Waals surface area (Å²) in [6.45, 7) is 4.00. The summed E-state index contributed by atoms with van der Waals surface area (Å²) in [5.74, 6) is 1.09. The maximum Gasteiger partial charge on any atom is 0.192 e. The number of halogens is 1. The monoisotopic (exact) mass is 328 g/mol. The lowest BCUT2D eigenvalue weighted by Crippen LogP contribution is -2.48. The maximum atomic E-state index is 10.2. The first-order chi connectivity index (χ1) is 11.0. The molecular formula is C18H17ClN2O2. The van der Waals surface area contributed by atoms with Crippen molar-refractivity contribution in [2.45, 2.75) is 32.0 Å². The van der Waals surface area contributed by atoms with Crippen LogP contribution in [0.2, 0.25) is 5.02 Å². The third-order valence-electron chi connectivity index (χ3n) is 4.37. The van der Waals surface area contributed by atoms with Crippen LogP contribution in [0.3, 0.4) is 0 Å². The molecule has 0 saturated heterocycles. The van der Waals surface area contributed by atoms with Crippen LogP contribution >= 0.6 is 11.6 Å². The molecule has 2 aliphatic rings. The van der Waals surface area contributed by atoms with Crippen molar-refractivity contribution in [2.24, 2.45) is 5.10 Å². The topological polar surface area (TPSA) is 45.1 Å². The molecule has 0 aliphatic carbocycles. The van der Waals surface area contributed by atoms with Crippen molar-refractivity contribution in [3.8, 4) is 11.5 Å². The molecule has 0 saturated carbocycles. The first kappa shape index (κ1) is 14.4. The summed E-state index contributed by atoms with van der Waals surface area (Å²) in [7, 11) is 0. The Morgan fingerprint density at radius 1 is 1.26 bits per heavy atom. The number of para-hydroxylation sites is 1. The van der Waals surface area contributed by atoms with E-state index in [0.717, 1.165) is 17.0 Å². The summed E-state index contributed by atoms with van der Waals surface area (Å²) in [5.41, 5.74) is 2.07. The van der Waals surface area contributed by atoms with Crippen molar-refractivity contribution in [1.29, 1.82) is 0 Å². The van der Waals surface area contributed by atoms with Gasteiger partial charge in [0.15, 0.2) is 5.72 Å². The number of hydrazone groups is 1. The number of hydrogen-bond donors (Lipinski definition) is 1. The van der Waals surface area contributed by atoms with E-state index in [-0.39, 0.29) is 11.8 Å². The van der Waals surface area contributed by atoms with Crippen LogP contribution in [0.25, 0.3) is 0 Å². The zero-order valence-electron chi connectivity index (χ0n) is 13.0. The quantitative estimate of drug-likeness (QED) is 0.847. The van der Waals surface area contributed by atoms with Crippen LogP contribution in [-0.4, -0.2) is 21.6 Å². The number of nitrogens with zero attached hydrogens (tertiary/aromatic N) is 2. The molecule has 4 nitrogen and oxygen atoms in total. The molecule has 2 aliphatic heterocycles. The van der Waals surface area contributed by atoms with E-state index in [1.807, 2.05) is 37.1 Å². The van der Waals surface area contributed by atoms with Crippen molar-refractivity contribution >= 4 is 17.3 Å². The molecule has 2 aromatic rings. The van der Waals surface area contributed by atoms with E-state index in [2.05, 4.69) is 6.07 Å². The van der Waals surface area contributed by atoms with Gasteiger partial charge in [-0.1, -0.05) is 29.8 Å². The van der Waals surface area contributed by atoms with E-state index in [0.29, 0.717) is 17.0 Å². The van der Waals surface area contributed by atoms with Gasteiger partial charge in [-0.05, 0) is 38.1 Å². The van der Waals surface area contributed by atoms with Crippen LogP contribution in [0.15, 0.2) is 47.6 Å². The highest BCUT2D eigenvalue weighted by Gasteiger charge is 2.44. The third kappa shape index (κ3) is 2.25. The molecule has 0 amide bonds.